The summed E-state index contributed by atoms with van der Waals surface area (Å²) in [6.45, 7) is 0. The van der Waals surface area contributed by atoms with Crippen molar-refractivity contribution < 1.29 is 4.79 Å². The number of carbonyl (C=O) groups is 1. The quantitative estimate of drug-likeness (QED) is 0.795. The predicted molar refractivity (Wildman–Crippen MR) is 82.8 cm³/mol. The average molecular weight is 302 g/mol. The summed E-state index contributed by atoms with van der Waals surface area (Å²) in [6, 6.07) is 10.0. The molecule has 21 heavy (non-hydrogen) atoms. The number of hydrogen-bond acceptors (Lipinski definition) is 4. The Hall–Kier alpha value is -1.82. The minimum Gasteiger partial charge on any atom is -0.348 e. The number of benzene rings is 1. The first-order valence-electron chi connectivity index (χ1n) is 7.00. The molecule has 0 aliphatic heterocycles. The molecule has 1 fully saturated rings. The molecule has 1 aromatic carbocycles. The molecule has 0 atom stereocenters. The van der Waals surface area contributed by atoms with Crippen LogP contribution in [0.15, 0.2) is 35.5 Å². The predicted octanol–water partition coefficient (Wildman–Crippen LogP) is 2.33. The largest absolute Gasteiger partial charge is 0.348 e. The first kappa shape index (κ1) is 14.1. The standard InChI is InChI=1S/C15H18N4OS/c1-18(2)13(20)10-21-15-16-14(11-8-9-11)19(17-15)12-6-4-3-5-7-12/h3-7,11H,8-10H2,1-2H3. The molecule has 6 heteroatoms. The highest BCUT2D eigenvalue weighted by Gasteiger charge is 2.30. The molecule has 2 aromatic rings. The third-order valence-electron chi connectivity index (χ3n) is 3.38. The van der Waals surface area contributed by atoms with E-state index in [0.29, 0.717) is 16.8 Å². The van der Waals surface area contributed by atoms with Crippen molar-refractivity contribution in [2.45, 2.75) is 23.9 Å². The Kier molecular flexibility index (Phi) is 3.96. The normalized spacial score (nSPS) is 14.2. The Labute approximate surface area is 128 Å². The summed E-state index contributed by atoms with van der Waals surface area (Å²) in [4.78, 5) is 17.9. The molecule has 0 saturated heterocycles. The molecule has 5 nitrogen and oxygen atoms in total. The lowest BCUT2D eigenvalue weighted by molar-refractivity contribution is -0.125. The molecule has 3 rings (SSSR count). The van der Waals surface area contributed by atoms with E-state index in [1.165, 1.54) is 24.6 Å². The van der Waals surface area contributed by atoms with E-state index in [-0.39, 0.29) is 5.91 Å². The zero-order valence-electron chi connectivity index (χ0n) is 12.2. The fraction of sp³-hybridized carbons (Fsp3) is 0.400. The van der Waals surface area contributed by atoms with Gasteiger partial charge in [-0.25, -0.2) is 9.67 Å². The van der Waals surface area contributed by atoms with E-state index in [1.54, 1.807) is 19.0 Å². The van der Waals surface area contributed by atoms with Gasteiger partial charge in [-0.05, 0) is 25.0 Å². The van der Waals surface area contributed by atoms with Gasteiger partial charge in [0.05, 0.1) is 11.4 Å². The van der Waals surface area contributed by atoms with Gasteiger partial charge in [-0.3, -0.25) is 4.79 Å². The van der Waals surface area contributed by atoms with Gasteiger partial charge < -0.3 is 4.90 Å². The minimum atomic E-state index is 0.0732. The number of aromatic nitrogens is 3. The molecule has 0 radical (unpaired) electrons. The summed E-state index contributed by atoms with van der Waals surface area (Å²) in [5.41, 5.74) is 1.03. The molecular formula is C15H18N4OS. The van der Waals surface area contributed by atoms with Crippen LogP contribution in [0.3, 0.4) is 0 Å². The molecular weight excluding hydrogens is 284 g/mol. The number of hydrogen-bond donors (Lipinski definition) is 0. The molecule has 1 heterocycles. The topological polar surface area (TPSA) is 51.0 Å². The van der Waals surface area contributed by atoms with E-state index in [0.717, 1.165) is 11.5 Å². The van der Waals surface area contributed by atoms with Crippen LogP contribution in [0.1, 0.15) is 24.6 Å². The molecule has 1 amide bonds. The van der Waals surface area contributed by atoms with Gasteiger partial charge in [0.15, 0.2) is 0 Å². The van der Waals surface area contributed by atoms with Crippen molar-refractivity contribution in [1.82, 2.24) is 19.7 Å². The van der Waals surface area contributed by atoms with Gasteiger partial charge in [0.2, 0.25) is 11.1 Å². The molecule has 0 unspecified atom stereocenters. The second-order valence-corrected chi connectivity index (χ2v) is 6.29. The Morgan fingerprint density at radius 2 is 2.05 bits per heavy atom. The number of rotatable bonds is 5. The zero-order chi connectivity index (χ0) is 14.8. The van der Waals surface area contributed by atoms with Crippen LogP contribution < -0.4 is 0 Å². The maximum absolute atomic E-state index is 11.7. The molecule has 110 valence electrons. The highest BCUT2D eigenvalue weighted by Crippen LogP contribution is 2.40. The van der Waals surface area contributed by atoms with Crippen LogP contribution in [0.4, 0.5) is 0 Å². The van der Waals surface area contributed by atoms with Crippen LogP contribution >= 0.6 is 11.8 Å². The van der Waals surface area contributed by atoms with Crippen LogP contribution in [-0.2, 0) is 4.79 Å². The number of amides is 1. The van der Waals surface area contributed by atoms with E-state index in [4.69, 9.17) is 0 Å². The van der Waals surface area contributed by atoms with Crippen molar-refractivity contribution in [2.75, 3.05) is 19.8 Å². The van der Waals surface area contributed by atoms with E-state index in [2.05, 4.69) is 10.1 Å². The van der Waals surface area contributed by atoms with Gasteiger partial charge >= 0.3 is 0 Å². The highest BCUT2D eigenvalue weighted by atomic mass is 32.2. The summed E-state index contributed by atoms with van der Waals surface area (Å²) in [7, 11) is 3.52. The van der Waals surface area contributed by atoms with E-state index in [9.17, 15) is 4.79 Å². The summed E-state index contributed by atoms with van der Waals surface area (Å²) in [5.74, 6) is 1.97. The maximum atomic E-state index is 11.7. The first-order chi connectivity index (χ1) is 10.1. The van der Waals surface area contributed by atoms with Gasteiger partial charge in [-0.15, -0.1) is 5.10 Å². The monoisotopic (exact) mass is 302 g/mol. The third kappa shape index (κ3) is 3.26. The van der Waals surface area contributed by atoms with Crippen molar-refractivity contribution in [3.8, 4) is 5.69 Å². The first-order valence-corrected chi connectivity index (χ1v) is 7.99. The van der Waals surface area contributed by atoms with Gasteiger partial charge in [-0.2, -0.15) is 0 Å². The molecule has 1 aliphatic rings. The van der Waals surface area contributed by atoms with E-state index >= 15 is 0 Å². The zero-order valence-corrected chi connectivity index (χ0v) is 13.0. The summed E-state index contributed by atoms with van der Waals surface area (Å²) in [6.07, 6.45) is 2.35. The summed E-state index contributed by atoms with van der Waals surface area (Å²) in [5, 5.41) is 5.25. The van der Waals surface area contributed by atoms with Crippen molar-refractivity contribution in [3.05, 3.63) is 36.2 Å². The molecule has 1 saturated carbocycles. The third-order valence-corrected chi connectivity index (χ3v) is 4.20. The minimum absolute atomic E-state index is 0.0732. The lowest BCUT2D eigenvalue weighted by Gasteiger charge is -2.07. The second-order valence-electron chi connectivity index (χ2n) is 5.35. The molecule has 0 spiro atoms. The Morgan fingerprint density at radius 1 is 1.33 bits per heavy atom. The molecule has 1 aromatic heterocycles. The Balaban J connectivity index is 1.82. The smallest absolute Gasteiger partial charge is 0.232 e. The van der Waals surface area contributed by atoms with Gasteiger partial charge in [0, 0.05) is 20.0 Å². The van der Waals surface area contributed by atoms with Gasteiger partial charge in [0.25, 0.3) is 0 Å². The van der Waals surface area contributed by atoms with Crippen LogP contribution in [-0.4, -0.2) is 45.4 Å². The Morgan fingerprint density at radius 3 is 2.67 bits per heavy atom. The SMILES string of the molecule is CN(C)C(=O)CSc1nc(C2CC2)n(-c2ccccc2)n1. The lowest BCUT2D eigenvalue weighted by Crippen LogP contribution is -2.23. The van der Waals surface area contributed by atoms with Crippen molar-refractivity contribution in [2.24, 2.45) is 0 Å². The molecule has 0 N–H and O–H groups in total. The van der Waals surface area contributed by atoms with Crippen LogP contribution in [0.25, 0.3) is 5.69 Å². The lowest BCUT2D eigenvalue weighted by atomic mass is 10.3. The molecule has 0 bridgehead atoms. The Bertz CT molecular complexity index is 634. The number of carbonyl (C=O) groups excluding carboxylic acids is 1. The average Bonchev–Trinajstić information content (AvgIpc) is 3.25. The van der Waals surface area contributed by atoms with Gasteiger partial charge in [0.1, 0.15) is 5.82 Å². The van der Waals surface area contributed by atoms with E-state index < -0.39 is 0 Å². The highest BCUT2D eigenvalue weighted by molar-refractivity contribution is 7.99. The van der Waals surface area contributed by atoms with Crippen LogP contribution in [0, 0.1) is 0 Å². The second kappa shape index (κ2) is 5.89. The molecule has 1 aliphatic carbocycles. The number of nitrogens with zero attached hydrogens (tertiary/aromatic N) is 4. The van der Waals surface area contributed by atoms with Crippen molar-refractivity contribution in [1.29, 1.82) is 0 Å². The fourth-order valence-corrected chi connectivity index (χ4v) is 2.79. The van der Waals surface area contributed by atoms with Gasteiger partial charge in [-0.1, -0.05) is 30.0 Å². The van der Waals surface area contributed by atoms with Crippen LogP contribution in [0.5, 0.6) is 0 Å². The van der Waals surface area contributed by atoms with Crippen molar-refractivity contribution in [3.63, 3.8) is 0 Å². The van der Waals surface area contributed by atoms with Crippen molar-refractivity contribution >= 4 is 17.7 Å². The van der Waals surface area contributed by atoms with E-state index in [1.807, 2.05) is 35.0 Å². The number of para-hydroxylation sites is 1. The summed E-state index contributed by atoms with van der Waals surface area (Å²) < 4.78 is 1.92. The van der Waals surface area contributed by atoms with Crippen LogP contribution in [0.2, 0.25) is 0 Å². The summed E-state index contributed by atoms with van der Waals surface area (Å²) >= 11 is 1.40. The fourth-order valence-electron chi connectivity index (χ4n) is 1.99. The maximum Gasteiger partial charge on any atom is 0.232 e. The number of thioether (sulfide) groups is 1.